The fourth-order valence-corrected chi connectivity index (χ4v) is 2.16. The molecule has 2 nitrogen and oxygen atoms in total. The van der Waals surface area contributed by atoms with Gasteiger partial charge >= 0.3 is 0 Å². The van der Waals surface area contributed by atoms with Gasteiger partial charge in [-0.05, 0) is 42.4 Å². The summed E-state index contributed by atoms with van der Waals surface area (Å²) in [6.45, 7) is 2.21. The molecule has 88 valence electrons. The van der Waals surface area contributed by atoms with Crippen LogP contribution in [0, 0.1) is 11.2 Å². The van der Waals surface area contributed by atoms with Crippen molar-refractivity contribution in [2.75, 3.05) is 0 Å². The standard InChI is InChI=1S/C12H16ClFN2/c1-12(4-5-12)11(16-15)7-8-2-3-10(14)9(13)6-8/h2-3,6,11,16H,4-5,7,15H2,1H3. The van der Waals surface area contributed by atoms with E-state index < -0.39 is 0 Å². The molecule has 0 heterocycles. The number of hydrogen-bond acceptors (Lipinski definition) is 2. The zero-order valence-corrected chi connectivity index (χ0v) is 10.0. The Morgan fingerprint density at radius 1 is 1.56 bits per heavy atom. The molecule has 1 aromatic rings. The van der Waals surface area contributed by atoms with E-state index in [1.807, 2.05) is 0 Å². The molecule has 0 aromatic heterocycles. The third-order valence-electron chi connectivity index (χ3n) is 3.50. The third-order valence-corrected chi connectivity index (χ3v) is 3.79. The average Bonchev–Trinajstić information content (AvgIpc) is 2.99. The molecular formula is C12H16ClFN2. The zero-order valence-electron chi connectivity index (χ0n) is 9.26. The summed E-state index contributed by atoms with van der Waals surface area (Å²) in [5, 5.41) is 0.175. The van der Waals surface area contributed by atoms with Crippen LogP contribution in [-0.4, -0.2) is 6.04 Å². The molecule has 1 saturated carbocycles. The Bertz CT molecular complexity index is 391. The molecule has 16 heavy (non-hydrogen) atoms. The number of nitrogens with one attached hydrogen (secondary N) is 1. The van der Waals surface area contributed by atoms with Gasteiger partial charge in [0.25, 0.3) is 0 Å². The van der Waals surface area contributed by atoms with Crippen molar-refractivity contribution >= 4 is 11.6 Å². The Kier molecular flexibility index (Phi) is 3.19. The Morgan fingerprint density at radius 3 is 2.75 bits per heavy atom. The Morgan fingerprint density at radius 2 is 2.25 bits per heavy atom. The molecule has 0 bridgehead atoms. The van der Waals surface area contributed by atoms with Crippen molar-refractivity contribution < 1.29 is 4.39 Å². The number of nitrogens with two attached hydrogens (primary N) is 1. The van der Waals surface area contributed by atoms with E-state index in [2.05, 4.69) is 12.3 Å². The van der Waals surface area contributed by atoms with Gasteiger partial charge in [-0.15, -0.1) is 0 Å². The lowest BCUT2D eigenvalue weighted by atomic mass is 9.93. The monoisotopic (exact) mass is 242 g/mol. The maximum atomic E-state index is 13.0. The predicted octanol–water partition coefficient (Wildman–Crippen LogP) is 2.65. The number of halogens is 2. The molecule has 0 amide bonds. The number of rotatable bonds is 4. The topological polar surface area (TPSA) is 38.0 Å². The van der Waals surface area contributed by atoms with Crippen molar-refractivity contribution in [3.05, 3.63) is 34.6 Å². The van der Waals surface area contributed by atoms with E-state index in [9.17, 15) is 4.39 Å². The third kappa shape index (κ3) is 2.37. The SMILES string of the molecule is CC1(C(Cc2ccc(F)c(Cl)c2)NN)CC1. The lowest BCUT2D eigenvalue weighted by Crippen LogP contribution is -2.42. The van der Waals surface area contributed by atoms with Crippen molar-refractivity contribution in [2.24, 2.45) is 11.3 Å². The molecule has 1 aromatic carbocycles. The number of benzene rings is 1. The van der Waals surface area contributed by atoms with Crippen LogP contribution in [0.1, 0.15) is 25.3 Å². The Hall–Kier alpha value is -0.640. The quantitative estimate of drug-likeness (QED) is 0.629. The van der Waals surface area contributed by atoms with Crippen LogP contribution in [0.25, 0.3) is 0 Å². The van der Waals surface area contributed by atoms with Gasteiger partial charge in [-0.25, -0.2) is 4.39 Å². The van der Waals surface area contributed by atoms with Crippen molar-refractivity contribution in [3.8, 4) is 0 Å². The number of hydrazine groups is 1. The fourth-order valence-electron chi connectivity index (χ4n) is 1.95. The minimum atomic E-state index is -0.375. The molecule has 0 radical (unpaired) electrons. The van der Waals surface area contributed by atoms with Gasteiger partial charge in [-0.1, -0.05) is 24.6 Å². The summed E-state index contributed by atoms with van der Waals surface area (Å²) in [5.74, 6) is 5.18. The number of hydrogen-bond donors (Lipinski definition) is 2. The molecule has 2 rings (SSSR count). The predicted molar refractivity (Wildman–Crippen MR) is 63.6 cm³/mol. The van der Waals surface area contributed by atoms with Gasteiger partial charge in [0.05, 0.1) is 5.02 Å². The molecule has 0 aliphatic heterocycles. The van der Waals surface area contributed by atoms with Crippen LogP contribution in [0.5, 0.6) is 0 Å². The van der Waals surface area contributed by atoms with E-state index in [4.69, 9.17) is 17.4 Å². The van der Waals surface area contributed by atoms with Gasteiger partial charge < -0.3 is 0 Å². The van der Waals surface area contributed by atoms with E-state index in [0.29, 0.717) is 0 Å². The highest BCUT2D eigenvalue weighted by Gasteiger charge is 2.44. The van der Waals surface area contributed by atoms with Gasteiger partial charge in [0, 0.05) is 6.04 Å². The van der Waals surface area contributed by atoms with E-state index >= 15 is 0 Å². The van der Waals surface area contributed by atoms with E-state index in [1.54, 1.807) is 12.1 Å². The summed E-state index contributed by atoms with van der Waals surface area (Å²) in [6.07, 6.45) is 3.17. The van der Waals surface area contributed by atoms with E-state index in [-0.39, 0.29) is 22.3 Å². The summed E-state index contributed by atoms with van der Waals surface area (Å²) < 4.78 is 13.0. The van der Waals surface area contributed by atoms with E-state index in [1.165, 1.54) is 18.9 Å². The van der Waals surface area contributed by atoms with Crippen LogP contribution in [0.4, 0.5) is 4.39 Å². The summed E-state index contributed by atoms with van der Waals surface area (Å²) >= 11 is 5.74. The van der Waals surface area contributed by atoms with Gasteiger partial charge in [-0.2, -0.15) is 0 Å². The van der Waals surface area contributed by atoms with Crippen LogP contribution >= 0.6 is 11.6 Å². The first kappa shape index (κ1) is 11.8. The van der Waals surface area contributed by atoms with Crippen molar-refractivity contribution in [3.63, 3.8) is 0 Å². The van der Waals surface area contributed by atoms with Crippen LogP contribution < -0.4 is 11.3 Å². The first-order valence-electron chi connectivity index (χ1n) is 5.45. The summed E-state index contributed by atoms with van der Waals surface area (Å²) in [7, 11) is 0. The van der Waals surface area contributed by atoms with Gasteiger partial charge in [0.1, 0.15) is 5.82 Å². The molecule has 0 saturated heterocycles. The van der Waals surface area contributed by atoms with Gasteiger partial charge in [-0.3, -0.25) is 11.3 Å². The zero-order chi connectivity index (χ0) is 11.8. The highest BCUT2D eigenvalue weighted by atomic mass is 35.5. The fraction of sp³-hybridized carbons (Fsp3) is 0.500. The first-order valence-corrected chi connectivity index (χ1v) is 5.83. The first-order chi connectivity index (χ1) is 7.55. The van der Waals surface area contributed by atoms with Crippen LogP contribution in [-0.2, 0) is 6.42 Å². The highest BCUT2D eigenvalue weighted by Crippen LogP contribution is 2.48. The Labute approximate surface area is 99.9 Å². The normalized spacial score (nSPS) is 19.5. The van der Waals surface area contributed by atoms with Crippen LogP contribution in [0.2, 0.25) is 5.02 Å². The minimum absolute atomic E-state index is 0.175. The highest BCUT2D eigenvalue weighted by molar-refractivity contribution is 6.30. The van der Waals surface area contributed by atoms with E-state index in [0.717, 1.165) is 12.0 Å². The second kappa shape index (κ2) is 4.32. The molecule has 1 fully saturated rings. The molecule has 0 spiro atoms. The minimum Gasteiger partial charge on any atom is -0.271 e. The molecule has 1 atom stereocenters. The molecule has 1 aliphatic carbocycles. The second-order valence-corrected chi connectivity index (χ2v) is 5.23. The summed E-state index contributed by atoms with van der Waals surface area (Å²) in [4.78, 5) is 0. The smallest absolute Gasteiger partial charge is 0.141 e. The largest absolute Gasteiger partial charge is 0.271 e. The maximum absolute atomic E-state index is 13.0. The molecule has 4 heteroatoms. The molecular weight excluding hydrogens is 227 g/mol. The van der Waals surface area contributed by atoms with Gasteiger partial charge in [0.15, 0.2) is 0 Å². The van der Waals surface area contributed by atoms with Crippen molar-refractivity contribution in [2.45, 2.75) is 32.2 Å². The van der Waals surface area contributed by atoms with Crippen LogP contribution in [0.15, 0.2) is 18.2 Å². The van der Waals surface area contributed by atoms with Gasteiger partial charge in [0.2, 0.25) is 0 Å². The van der Waals surface area contributed by atoms with Crippen molar-refractivity contribution in [1.29, 1.82) is 0 Å². The average molecular weight is 243 g/mol. The lowest BCUT2D eigenvalue weighted by Gasteiger charge is -2.22. The summed E-state index contributed by atoms with van der Waals surface area (Å²) in [5.41, 5.74) is 4.15. The molecule has 1 aliphatic rings. The second-order valence-electron chi connectivity index (χ2n) is 4.83. The van der Waals surface area contributed by atoms with Crippen LogP contribution in [0.3, 0.4) is 0 Å². The molecule has 1 unspecified atom stereocenters. The van der Waals surface area contributed by atoms with Crippen molar-refractivity contribution in [1.82, 2.24) is 5.43 Å². The Balaban J connectivity index is 2.10. The summed E-state index contributed by atoms with van der Waals surface area (Å²) in [6, 6.07) is 5.07. The lowest BCUT2D eigenvalue weighted by molar-refractivity contribution is 0.359. The maximum Gasteiger partial charge on any atom is 0.141 e. The molecule has 3 N–H and O–H groups in total.